The smallest absolute Gasteiger partial charge is 0.310 e. The van der Waals surface area contributed by atoms with Gasteiger partial charge in [0.1, 0.15) is 11.1 Å². The molecule has 3 N–H and O–H groups in total. The van der Waals surface area contributed by atoms with Crippen molar-refractivity contribution >= 4 is 56.5 Å². The predicted octanol–water partition coefficient (Wildman–Crippen LogP) is 5.14. The fraction of sp³-hybridized carbons (Fsp3) is 0.188. The number of nitrogens with one attached hydrogen (secondary N) is 3. The van der Waals surface area contributed by atoms with Crippen molar-refractivity contribution in [2.24, 2.45) is 0 Å². The van der Waals surface area contributed by atoms with Crippen molar-refractivity contribution in [2.45, 2.75) is 35.8 Å². The number of nitrogens with zero attached hydrogens (tertiary/aromatic N) is 4. The maximum absolute atomic E-state index is 12.9. The first-order valence-electron chi connectivity index (χ1n) is 14.6. The van der Waals surface area contributed by atoms with Crippen LogP contribution in [0.5, 0.6) is 5.88 Å². The van der Waals surface area contributed by atoms with Crippen LogP contribution in [0.25, 0.3) is 0 Å². The van der Waals surface area contributed by atoms with Gasteiger partial charge in [0.2, 0.25) is 15.8 Å². The fourth-order valence-electron chi connectivity index (χ4n) is 4.40. The molecule has 3 aromatic carbocycles. The maximum Gasteiger partial charge on any atom is 0.310 e. The highest BCUT2D eigenvalue weighted by atomic mass is 35.5. The van der Waals surface area contributed by atoms with Gasteiger partial charge in [-0.15, -0.1) is 0 Å². The number of esters is 1. The van der Waals surface area contributed by atoms with E-state index in [0.717, 1.165) is 0 Å². The molecule has 0 fully saturated rings. The van der Waals surface area contributed by atoms with Crippen LogP contribution in [0, 0.1) is 0 Å². The highest BCUT2D eigenvalue weighted by Gasteiger charge is 2.28. The van der Waals surface area contributed by atoms with E-state index in [9.17, 15) is 18.0 Å². The standard InChI is InChI=1S/C32H30ClN7O7S/c1-20(15-16-45-30-31(40-47-39-30)48(43,44)23-11-4-3-5-12-23)46-27(41)18-21-9-8-10-22(17-21)36-32-35-19-25(33)28(38-32)37-26-14-7-6-13-24(26)29(42)34-2/h3-14,17,19-20H,15-16,18H2,1-2H3,(H,34,42)(H2,35,36,37,38). The molecule has 0 saturated heterocycles. The van der Waals surface area contributed by atoms with Crippen LogP contribution in [0.4, 0.5) is 23.1 Å². The predicted molar refractivity (Wildman–Crippen MR) is 175 cm³/mol. The summed E-state index contributed by atoms with van der Waals surface area (Å²) in [6.45, 7) is 1.69. The lowest BCUT2D eigenvalue weighted by molar-refractivity contribution is -0.147. The molecule has 0 aliphatic rings. The summed E-state index contributed by atoms with van der Waals surface area (Å²) in [4.78, 5) is 33.7. The van der Waals surface area contributed by atoms with Crippen LogP contribution < -0.4 is 20.7 Å². The Morgan fingerprint density at radius 2 is 1.75 bits per heavy atom. The molecular formula is C32H30ClN7O7S. The molecule has 1 atom stereocenters. The quantitative estimate of drug-likeness (QED) is 0.130. The summed E-state index contributed by atoms with van der Waals surface area (Å²) in [5, 5.41) is 15.7. The van der Waals surface area contributed by atoms with Gasteiger partial charge in [-0.3, -0.25) is 9.59 Å². The molecule has 2 aromatic heterocycles. The average molecular weight is 692 g/mol. The van der Waals surface area contributed by atoms with E-state index in [1.807, 2.05) is 0 Å². The molecule has 2 heterocycles. The molecule has 48 heavy (non-hydrogen) atoms. The number of carbonyl (C=O) groups excluding carboxylic acids is 2. The van der Waals surface area contributed by atoms with Gasteiger partial charge in [-0.25, -0.2) is 18.0 Å². The summed E-state index contributed by atoms with van der Waals surface area (Å²) in [6, 6.07) is 21.7. The van der Waals surface area contributed by atoms with Gasteiger partial charge in [0.05, 0.1) is 35.4 Å². The molecule has 1 amide bonds. The Balaban J connectivity index is 1.14. The van der Waals surface area contributed by atoms with Gasteiger partial charge in [-0.1, -0.05) is 54.1 Å². The largest absolute Gasteiger partial charge is 0.473 e. The molecule has 0 bridgehead atoms. The van der Waals surface area contributed by atoms with Crippen molar-refractivity contribution in [1.82, 2.24) is 25.6 Å². The van der Waals surface area contributed by atoms with Crippen molar-refractivity contribution < 1.29 is 32.1 Å². The highest BCUT2D eigenvalue weighted by molar-refractivity contribution is 7.91. The number of sulfone groups is 1. The lowest BCUT2D eigenvalue weighted by atomic mass is 10.1. The maximum atomic E-state index is 12.9. The van der Waals surface area contributed by atoms with Crippen LogP contribution in [-0.4, -0.2) is 60.3 Å². The number of carbonyl (C=O) groups is 2. The number of halogens is 1. The van der Waals surface area contributed by atoms with Gasteiger partial charge in [0.25, 0.3) is 16.8 Å². The minimum absolute atomic E-state index is 0.00526. The first kappa shape index (κ1) is 33.8. The molecule has 1 unspecified atom stereocenters. The lowest BCUT2D eigenvalue weighted by Gasteiger charge is -2.14. The second kappa shape index (κ2) is 15.4. The Morgan fingerprint density at radius 3 is 2.54 bits per heavy atom. The zero-order chi connectivity index (χ0) is 34.1. The molecule has 16 heteroatoms. The zero-order valence-electron chi connectivity index (χ0n) is 25.7. The van der Waals surface area contributed by atoms with Crippen LogP contribution in [0.15, 0.2) is 99.6 Å². The number of hydrogen-bond acceptors (Lipinski definition) is 13. The number of amides is 1. The first-order chi connectivity index (χ1) is 23.1. The summed E-state index contributed by atoms with van der Waals surface area (Å²) < 4.78 is 41.4. The number of para-hydroxylation sites is 1. The Morgan fingerprint density at radius 1 is 0.979 bits per heavy atom. The minimum Gasteiger partial charge on any atom is -0.473 e. The van der Waals surface area contributed by atoms with Gasteiger partial charge >= 0.3 is 5.97 Å². The normalized spacial score (nSPS) is 11.7. The van der Waals surface area contributed by atoms with Crippen LogP contribution >= 0.6 is 11.6 Å². The summed E-state index contributed by atoms with van der Waals surface area (Å²) in [7, 11) is -2.45. The number of anilines is 4. The van der Waals surface area contributed by atoms with E-state index in [1.54, 1.807) is 80.7 Å². The Kier molecular flexibility index (Phi) is 10.8. The Hall–Kier alpha value is -5.54. The van der Waals surface area contributed by atoms with E-state index >= 15 is 0 Å². The number of rotatable bonds is 14. The van der Waals surface area contributed by atoms with Crippen LogP contribution in [0.3, 0.4) is 0 Å². The third kappa shape index (κ3) is 8.43. The lowest BCUT2D eigenvalue weighted by Crippen LogP contribution is -2.19. The van der Waals surface area contributed by atoms with E-state index < -0.39 is 26.9 Å². The highest BCUT2D eigenvalue weighted by Crippen LogP contribution is 2.28. The molecule has 14 nitrogen and oxygen atoms in total. The summed E-state index contributed by atoms with van der Waals surface area (Å²) in [5.41, 5.74) is 2.22. The van der Waals surface area contributed by atoms with Gasteiger partial charge in [0.15, 0.2) is 5.82 Å². The zero-order valence-corrected chi connectivity index (χ0v) is 27.3. The van der Waals surface area contributed by atoms with E-state index in [0.29, 0.717) is 22.5 Å². The Labute approximate surface area is 280 Å². The van der Waals surface area contributed by atoms with Gasteiger partial charge in [0, 0.05) is 19.2 Å². The third-order valence-corrected chi connectivity index (χ3v) is 8.69. The van der Waals surface area contributed by atoms with Crippen LogP contribution in [-0.2, 0) is 25.8 Å². The van der Waals surface area contributed by atoms with E-state index in [2.05, 4.69) is 40.9 Å². The van der Waals surface area contributed by atoms with Crippen molar-refractivity contribution in [2.75, 3.05) is 24.3 Å². The second-order valence-corrected chi connectivity index (χ2v) is 12.5. The monoisotopic (exact) mass is 691 g/mol. The number of benzene rings is 3. The topological polar surface area (TPSA) is 188 Å². The molecule has 5 aromatic rings. The molecule has 0 aliphatic carbocycles. The summed E-state index contributed by atoms with van der Waals surface area (Å²) >= 11 is 6.34. The van der Waals surface area contributed by atoms with Gasteiger partial charge in [-0.05, 0) is 59.2 Å². The van der Waals surface area contributed by atoms with Crippen molar-refractivity contribution in [3.63, 3.8) is 0 Å². The van der Waals surface area contributed by atoms with E-state index in [-0.39, 0.29) is 52.9 Å². The molecule has 0 aliphatic heterocycles. The molecular weight excluding hydrogens is 662 g/mol. The molecule has 5 rings (SSSR count). The Bertz CT molecular complexity index is 2010. The molecule has 0 radical (unpaired) electrons. The summed E-state index contributed by atoms with van der Waals surface area (Å²) in [5.74, 6) is -0.497. The van der Waals surface area contributed by atoms with Crippen molar-refractivity contribution in [3.05, 3.63) is 101 Å². The van der Waals surface area contributed by atoms with Crippen molar-refractivity contribution in [3.8, 4) is 5.88 Å². The fourth-order valence-corrected chi connectivity index (χ4v) is 5.74. The number of ether oxygens (including phenoxy) is 2. The third-order valence-electron chi connectivity index (χ3n) is 6.76. The second-order valence-electron chi connectivity index (χ2n) is 10.3. The molecule has 248 valence electrons. The molecule has 0 saturated carbocycles. The SMILES string of the molecule is CNC(=O)c1ccccc1Nc1nc(Nc2cccc(CC(=O)OC(C)CCOc3nonc3S(=O)(=O)c3ccccc3)c2)ncc1Cl. The average Bonchev–Trinajstić information content (AvgIpc) is 3.56. The minimum atomic E-state index is -3.99. The van der Waals surface area contributed by atoms with Crippen LogP contribution in [0.1, 0.15) is 29.3 Å². The first-order valence-corrected chi connectivity index (χ1v) is 16.4. The van der Waals surface area contributed by atoms with Gasteiger partial charge < -0.3 is 25.4 Å². The van der Waals surface area contributed by atoms with Crippen LogP contribution in [0.2, 0.25) is 5.02 Å². The number of hydrogen-bond donors (Lipinski definition) is 3. The molecule has 0 spiro atoms. The van der Waals surface area contributed by atoms with E-state index in [4.69, 9.17) is 21.1 Å². The van der Waals surface area contributed by atoms with Gasteiger partial charge in [-0.2, -0.15) is 4.98 Å². The number of aromatic nitrogens is 4. The van der Waals surface area contributed by atoms with E-state index in [1.165, 1.54) is 18.3 Å². The summed E-state index contributed by atoms with van der Waals surface area (Å²) in [6.07, 6.45) is 1.12. The van der Waals surface area contributed by atoms with Crippen molar-refractivity contribution in [1.29, 1.82) is 0 Å².